The Bertz CT molecular complexity index is 843. The van der Waals surface area contributed by atoms with Crippen molar-refractivity contribution in [2.24, 2.45) is 0 Å². The van der Waals surface area contributed by atoms with E-state index in [0.29, 0.717) is 5.56 Å². The van der Waals surface area contributed by atoms with Crippen LogP contribution in [0.4, 0.5) is 4.79 Å². The first kappa shape index (κ1) is 25.4. The smallest absolute Gasteiger partial charge is 0.408 e. The van der Waals surface area contributed by atoms with Crippen molar-refractivity contribution >= 4 is 41.9 Å². The summed E-state index contributed by atoms with van der Waals surface area (Å²) in [4.78, 5) is 60.9. The molecule has 4 N–H and O–H groups in total. The van der Waals surface area contributed by atoms with E-state index in [2.05, 4.69) is 16.9 Å². The highest BCUT2D eigenvalue weighted by Crippen LogP contribution is 2.16. The largest absolute Gasteiger partial charge is 0.480 e. The SMILES string of the molecule is C=CCOC(=O)N[C@@H](C)C(=O)N(CC(=O)O)SCCc1cc(C(=O)O)nc(C(=O)O)c1. The Labute approximate surface area is 181 Å². The summed E-state index contributed by atoms with van der Waals surface area (Å²) in [6, 6.07) is 1.30. The molecule has 1 rings (SSSR count). The van der Waals surface area contributed by atoms with E-state index in [1.807, 2.05) is 0 Å². The van der Waals surface area contributed by atoms with Gasteiger partial charge in [-0.3, -0.25) is 13.9 Å². The van der Waals surface area contributed by atoms with Crippen molar-refractivity contribution in [3.05, 3.63) is 41.7 Å². The summed E-state index contributed by atoms with van der Waals surface area (Å²) in [5, 5.41) is 29.4. The van der Waals surface area contributed by atoms with Gasteiger partial charge in [0, 0.05) is 5.75 Å². The number of pyridine rings is 1. The van der Waals surface area contributed by atoms with Crippen LogP contribution >= 0.6 is 11.9 Å². The fraction of sp³-hybridized carbons (Fsp3) is 0.333. The summed E-state index contributed by atoms with van der Waals surface area (Å²) in [5.41, 5.74) is -0.567. The lowest BCUT2D eigenvalue weighted by molar-refractivity contribution is -0.141. The highest BCUT2D eigenvalue weighted by molar-refractivity contribution is 7.97. The lowest BCUT2D eigenvalue weighted by Gasteiger charge is -2.23. The van der Waals surface area contributed by atoms with Gasteiger partial charge in [0.2, 0.25) is 0 Å². The van der Waals surface area contributed by atoms with Gasteiger partial charge in [0.25, 0.3) is 5.91 Å². The van der Waals surface area contributed by atoms with Crippen molar-refractivity contribution in [3.63, 3.8) is 0 Å². The van der Waals surface area contributed by atoms with Crippen molar-refractivity contribution < 1.29 is 44.0 Å². The molecule has 12 nitrogen and oxygen atoms in total. The molecule has 1 aromatic heterocycles. The average Bonchev–Trinajstić information content (AvgIpc) is 2.70. The van der Waals surface area contributed by atoms with Crippen molar-refractivity contribution in [2.75, 3.05) is 18.9 Å². The minimum Gasteiger partial charge on any atom is -0.480 e. The van der Waals surface area contributed by atoms with Crippen molar-refractivity contribution in [1.29, 1.82) is 0 Å². The number of carboxylic acid groups (broad SMARTS) is 3. The summed E-state index contributed by atoms with van der Waals surface area (Å²) in [6.45, 7) is 4.01. The van der Waals surface area contributed by atoms with Gasteiger partial charge in [0.05, 0.1) is 0 Å². The third-order valence-electron chi connectivity index (χ3n) is 3.52. The van der Waals surface area contributed by atoms with Gasteiger partial charge in [-0.2, -0.15) is 0 Å². The second-order valence-electron chi connectivity index (χ2n) is 5.96. The minimum absolute atomic E-state index is 0.0665. The van der Waals surface area contributed by atoms with Crippen LogP contribution in [0.5, 0.6) is 0 Å². The number of aliphatic carboxylic acids is 1. The molecule has 0 saturated heterocycles. The summed E-state index contributed by atoms with van der Waals surface area (Å²) < 4.78 is 5.64. The van der Waals surface area contributed by atoms with E-state index in [4.69, 9.17) is 20.1 Å². The van der Waals surface area contributed by atoms with E-state index in [0.717, 1.165) is 16.3 Å². The van der Waals surface area contributed by atoms with Crippen molar-refractivity contribution in [2.45, 2.75) is 19.4 Å². The third kappa shape index (κ3) is 8.74. The zero-order chi connectivity index (χ0) is 23.6. The minimum atomic E-state index is -1.40. The van der Waals surface area contributed by atoms with Gasteiger partial charge in [-0.25, -0.2) is 19.4 Å². The molecule has 0 unspecified atom stereocenters. The van der Waals surface area contributed by atoms with E-state index >= 15 is 0 Å². The van der Waals surface area contributed by atoms with Crippen molar-refractivity contribution in [1.82, 2.24) is 14.6 Å². The van der Waals surface area contributed by atoms with Gasteiger partial charge in [0.1, 0.15) is 30.6 Å². The summed E-state index contributed by atoms with van der Waals surface area (Å²) in [6.07, 6.45) is 0.587. The Balaban J connectivity index is 2.83. The molecular formula is C18H21N3O9S. The second-order valence-corrected chi connectivity index (χ2v) is 7.07. The molecule has 1 atom stereocenters. The molecule has 0 bridgehead atoms. The van der Waals surface area contributed by atoms with E-state index in [1.165, 1.54) is 25.1 Å². The van der Waals surface area contributed by atoms with Crippen LogP contribution in [-0.2, 0) is 20.7 Å². The average molecular weight is 455 g/mol. The Kier molecular flexibility index (Phi) is 9.98. The number of nitrogens with zero attached hydrogens (tertiary/aromatic N) is 2. The van der Waals surface area contributed by atoms with Crippen LogP contribution < -0.4 is 5.32 Å². The standard InChI is InChI=1S/C18H21N3O9S/c1-3-5-30-18(29)19-10(2)15(24)21(9-14(22)23)31-6-4-11-7-12(16(25)26)20-13(8-11)17(27)28/h3,7-8,10H,1,4-6,9H2,2H3,(H,19,29)(H,22,23)(H,25,26)(H,27,28)/t10-/m0/s1. The molecule has 0 radical (unpaired) electrons. The molecular weight excluding hydrogens is 434 g/mol. The molecule has 0 spiro atoms. The highest BCUT2D eigenvalue weighted by Gasteiger charge is 2.25. The lowest BCUT2D eigenvalue weighted by Crippen LogP contribution is -2.46. The quantitative estimate of drug-likeness (QED) is 0.259. The molecule has 0 saturated carbocycles. The Hall–Kier alpha value is -3.61. The van der Waals surface area contributed by atoms with Crippen LogP contribution in [0, 0.1) is 0 Å². The van der Waals surface area contributed by atoms with E-state index in [1.54, 1.807) is 0 Å². The number of hydrogen-bond acceptors (Lipinski definition) is 8. The molecule has 1 heterocycles. The van der Waals surface area contributed by atoms with Crippen LogP contribution in [0.2, 0.25) is 0 Å². The van der Waals surface area contributed by atoms with Gasteiger partial charge in [0.15, 0.2) is 0 Å². The molecule has 0 aliphatic rings. The first-order valence-electron chi connectivity index (χ1n) is 8.73. The molecule has 0 aromatic carbocycles. The van der Waals surface area contributed by atoms with Gasteiger partial charge in [-0.1, -0.05) is 12.7 Å². The normalized spacial score (nSPS) is 11.1. The number of carbonyl (C=O) groups is 5. The number of carbonyl (C=O) groups excluding carboxylic acids is 2. The number of aromatic nitrogens is 1. The van der Waals surface area contributed by atoms with Gasteiger partial charge >= 0.3 is 24.0 Å². The number of aryl methyl sites for hydroxylation is 1. The zero-order valence-electron chi connectivity index (χ0n) is 16.4. The van der Waals surface area contributed by atoms with Gasteiger partial charge in [-0.15, -0.1) is 0 Å². The number of ether oxygens (including phenoxy) is 1. The molecule has 0 aliphatic carbocycles. The Morgan fingerprint density at radius 2 is 1.77 bits per heavy atom. The maximum atomic E-state index is 12.5. The summed E-state index contributed by atoms with van der Waals surface area (Å²) >= 11 is 0.834. The maximum absolute atomic E-state index is 12.5. The van der Waals surface area contributed by atoms with E-state index in [-0.39, 0.29) is 18.8 Å². The van der Waals surface area contributed by atoms with Crippen LogP contribution in [0.3, 0.4) is 0 Å². The fourth-order valence-electron chi connectivity index (χ4n) is 2.17. The van der Waals surface area contributed by atoms with E-state index < -0.39 is 53.9 Å². The Morgan fingerprint density at radius 3 is 2.26 bits per heavy atom. The number of rotatable bonds is 12. The van der Waals surface area contributed by atoms with Crippen LogP contribution in [0.15, 0.2) is 24.8 Å². The Morgan fingerprint density at radius 1 is 1.19 bits per heavy atom. The molecule has 31 heavy (non-hydrogen) atoms. The molecule has 168 valence electrons. The molecule has 2 amide bonds. The molecule has 13 heteroatoms. The monoisotopic (exact) mass is 455 g/mol. The van der Waals surface area contributed by atoms with Gasteiger partial charge < -0.3 is 25.4 Å². The highest BCUT2D eigenvalue weighted by atomic mass is 32.2. The second kappa shape index (κ2) is 12.2. The number of aromatic carboxylic acids is 2. The fourth-order valence-corrected chi connectivity index (χ4v) is 3.20. The summed E-state index contributed by atoms with van der Waals surface area (Å²) in [7, 11) is 0. The predicted molar refractivity (Wildman–Crippen MR) is 108 cm³/mol. The zero-order valence-corrected chi connectivity index (χ0v) is 17.3. The van der Waals surface area contributed by atoms with Crippen LogP contribution in [-0.4, -0.2) is 79.5 Å². The maximum Gasteiger partial charge on any atom is 0.408 e. The van der Waals surface area contributed by atoms with Crippen LogP contribution in [0.1, 0.15) is 33.5 Å². The van der Waals surface area contributed by atoms with Crippen molar-refractivity contribution in [3.8, 4) is 0 Å². The van der Waals surface area contributed by atoms with E-state index in [9.17, 15) is 24.0 Å². The number of carboxylic acids is 3. The van der Waals surface area contributed by atoms with Gasteiger partial charge in [-0.05, 0) is 43.0 Å². The number of nitrogens with one attached hydrogen (secondary N) is 1. The topological polar surface area (TPSA) is 183 Å². The predicted octanol–water partition coefficient (Wildman–Crippen LogP) is 0.883. The molecule has 0 fully saturated rings. The first-order valence-corrected chi connectivity index (χ1v) is 9.67. The summed E-state index contributed by atoms with van der Waals surface area (Å²) in [5.74, 6) is -4.66. The number of hydrogen-bond donors (Lipinski definition) is 4. The first-order chi connectivity index (χ1) is 14.5. The molecule has 0 aliphatic heterocycles. The van der Waals surface area contributed by atoms with Crippen LogP contribution in [0.25, 0.3) is 0 Å². The number of amides is 2. The number of alkyl carbamates (subject to hydrolysis) is 1. The third-order valence-corrected chi connectivity index (χ3v) is 4.53. The lowest BCUT2D eigenvalue weighted by atomic mass is 10.1. The molecule has 1 aromatic rings.